The Morgan fingerprint density at radius 3 is 2.65 bits per heavy atom. The molecule has 3 N–H and O–H groups in total. The van der Waals surface area contributed by atoms with Gasteiger partial charge in [0.05, 0.1) is 5.69 Å². The number of hydrogen-bond donors (Lipinski definition) is 2. The number of anilines is 1. The zero-order valence-electron chi connectivity index (χ0n) is 9.64. The standard InChI is InChI=1S/C12H13N3O2/c1-7-3-4-9(13)6-11(7)15-8(2)5-10(14-15)12(16)17/h3-6H,13H2,1-2H3,(H,16,17). The van der Waals surface area contributed by atoms with Crippen LogP contribution in [0.3, 0.4) is 0 Å². The third-order valence-corrected chi connectivity index (χ3v) is 2.57. The summed E-state index contributed by atoms with van der Waals surface area (Å²) in [6.07, 6.45) is 0. The molecule has 0 amide bonds. The van der Waals surface area contributed by atoms with Gasteiger partial charge in [0.25, 0.3) is 0 Å². The van der Waals surface area contributed by atoms with Gasteiger partial charge < -0.3 is 10.8 Å². The van der Waals surface area contributed by atoms with Gasteiger partial charge in [0.1, 0.15) is 0 Å². The van der Waals surface area contributed by atoms with Crippen molar-refractivity contribution in [3.05, 3.63) is 41.2 Å². The molecule has 88 valence electrons. The Morgan fingerprint density at radius 2 is 2.06 bits per heavy atom. The molecule has 1 aromatic heterocycles. The largest absolute Gasteiger partial charge is 0.476 e. The fraction of sp³-hybridized carbons (Fsp3) is 0.167. The van der Waals surface area contributed by atoms with Crippen LogP contribution < -0.4 is 5.73 Å². The lowest BCUT2D eigenvalue weighted by atomic mass is 10.2. The zero-order valence-corrected chi connectivity index (χ0v) is 9.64. The summed E-state index contributed by atoms with van der Waals surface area (Å²) >= 11 is 0. The van der Waals surface area contributed by atoms with Crippen molar-refractivity contribution in [1.29, 1.82) is 0 Å². The Hall–Kier alpha value is -2.30. The second-order valence-corrected chi connectivity index (χ2v) is 3.93. The van der Waals surface area contributed by atoms with Crippen molar-refractivity contribution in [2.24, 2.45) is 0 Å². The lowest BCUT2D eigenvalue weighted by molar-refractivity contribution is 0.0690. The lowest BCUT2D eigenvalue weighted by Crippen LogP contribution is -2.04. The van der Waals surface area contributed by atoms with E-state index in [1.165, 1.54) is 6.07 Å². The van der Waals surface area contributed by atoms with E-state index < -0.39 is 5.97 Å². The summed E-state index contributed by atoms with van der Waals surface area (Å²) in [6, 6.07) is 6.99. The third kappa shape index (κ3) is 1.99. The van der Waals surface area contributed by atoms with Crippen LogP contribution in [0, 0.1) is 13.8 Å². The molecule has 0 aliphatic rings. The van der Waals surface area contributed by atoms with E-state index in [1.807, 2.05) is 19.9 Å². The first-order valence-corrected chi connectivity index (χ1v) is 5.15. The zero-order chi connectivity index (χ0) is 12.6. The maximum absolute atomic E-state index is 10.8. The molecular weight excluding hydrogens is 218 g/mol. The van der Waals surface area contributed by atoms with Crippen molar-refractivity contribution in [1.82, 2.24) is 9.78 Å². The van der Waals surface area contributed by atoms with Crippen LogP contribution in [0.15, 0.2) is 24.3 Å². The number of carbonyl (C=O) groups is 1. The van der Waals surface area contributed by atoms with Gasteiger partial charge in [0.15, 0.2) is 5.69 Å². The molecule has 5 nitrogen and oxygen atoms in total. The quantitative estimate of drug-likeness (QED) is 0.772. The van der Waals surface area contributed by atoms with Crippen molar-refractivity contribution in [2.75, 3.05) is 5.73 Å². The minimum Gasteiger partial charge on any atom is -0.476 e. The molecule has 2 rings (SSSR count). The molecular formula is C12H13N3O2. The van der Waals surface area contributed by atoms with E-state index in [2.05, 4.69) is 5.10 Å². The number of aromatic nitrogens is 2. The predicted octanol–water partition coefficient (Wildman–Crippen LogP) is 1.77. The van der Waals surface area contributed by atoms with E-state index in [0.29, 0.717) is 5.69 Å². The number of aromatic carboxylic acids is 1. The molecule has 0 aliphatic heterocycles. The molecule has 1 heterocycles. The molecule has 0 fully saturated rings. The van der Waals surface area contributed by atoms with Crippen molar-refractivity contribution < 1.29 is 9.90 Å². The number of aryl methyl sites for hydroxylation is 2. The van der Waals surface area contributed by atoms with Gasteiger partial charge in [-0.1, -0.05) is 6.07 Å². The summed E-state index contributed by atoms with van der Waals surface area (Å²) in [5.41, 5.74) is 8.93. The molecule has 0 saturated carbocycles. The molecule has 0 unspecified atom stereocenters. The summed E-state index contributed by atoms with van der Waals surface area (Å²) in [5, 5.41) is 12.9. The van der Waals surface area contributed by atoms with Crippen LogP contribution in [0.4, 0.5) is 5.69 Å². The fourth-order valence-corrected chi connectivity index (χ4v) is 1.68. The first kappa shape index (κ1) is 11.2. The van der Waals surface area contributed by atoms with Gasteiger partial charge in [-0.25, -0.2) is 9.48 Å². The maximum Gasteiger partial charge on any atom is 0.356 e. The molecule has 0 bridgehead atoms. The Morgan fingerprint density at radius 1 is 1.35 bits per heavy atom. The van der Waals surface area contributed by atoms with Gasteiger partial charge >= 0.3 is 5.97 Å². The van der Waals surface area contributed by atoms with Crippen LogP contribution in [0.25, 0.3) is 5.69 Å². The fourth-order valence-electron chi connectivity index (χ4n) is 1.68. The summed E-state index contributed by atoms with van der Waals surface area (Å²) in [6.45, 7) is 3.73. The number of nitrogens with zero attached hydrogens (tertiary/aromatic N) is 2. The highest BCUT2D eigenvalue weighted by Gasteiger charge is 2.13. The molecule has 5 heteroatoms. The van der Waals surface area contributed by atoms with Crippen LogP contribution in [0.1, 0.15) is 21.7 Å². The molecule has 0 radical (unpaired) electrons. The first-order chi connectivity index (χ1) is 7.99. The summed E-state index contributed by atoms with van der Waals surface area (Å²) in [5.74, 6) is -1.03. The van der Waals surface area contributed by atoms with E-state index in [-0.39, 0.29) is 5.69 Å². The van der Waals surface area contributed by atoms with E-state index >= 15 is 0 Å². The van der Waals surface area contributed by atoms with Crippen LogP contribution in [0.2, 0.25) is 0 Å². The summed E-state index contributed by atoms with van der Waals surface area (Å²) in [7, 11) is 0. The SMILES string of the molecule is Cc1ccc(N)cc1-n1nc(C(=O)O)cc1C. The predicted molar refractivity (Wildman–Crippen MR) is 64.4 cm³/mol. The molecule has 0 saturated heterocycles. The highest BCUT2D eigenvalue weighted by molar-refractivity contribution is 5.85. The van der Waals surface area contributed by atoms with Crippen molar-refractivity contribution >= 4 is 11.7 Å². The highest BCUT2D eigenvalue weighted by atomic mass is 16.4. The van der Waals surface area contributed by atoms with Gasteiger partial charge in [-0.05, 0) is 37.6 Å². The number of carboxylic acid groups (broad SMARTS) is 1. The minimum absolute atomic E-state index is 0.0318. The monoisotopic (exact) mass is 231 g/mol. The highest BCUT2D eigenvalue weighted by Crippen LogP contribution is 2.19. The average Bonchev–Trinajstić information content (AvgIpc) is 2.64. The van der Waals surface area contributed by atoms with E-state index in [9.17, 15) is 4.79 Å². The Labute approximate surface area is 98.5 Å². The summed E-state index contributed by atoms with van der Waals surface area (Å²) < 4.78 is 1.59. The number of carboxylic acids is 1. The molecule has 2 aromatic rings. The van der Waals surface area contributed by atoms with E-state index in [4.69, 9.17) is 10.8 Å². The van der Waals surface area contributed by atoms with Gasteiger partial charge in [0, 0.05) is 11.4 Å². The molecule has 0 atom stereocenters. The normalized spacial score (nSPS) is 10.5. The van der Waals surface area contributed by atoms with Crippen LogP contribution in [-0.2, 0) is 0 Å². The second kappa shape index (κ2) is 3.93. The van der Waals surface area contributed by atoms with E-state index in [0.717, 1.165) is 16.9 Å². The van der Waals surface area contributed by atoms with Crippen LogP contribution >= 0.6 is 0 Å². The Kier molecular flexibility index (Phi) is 2.59. The van der Waals surface area contributed by atoms with Crippen LogP contribution in [0.5, 0.6) is 0 Å². The van der Waals surface area contributed by atoms with Crippen molar-refractivity contribution in [2.45, 2.75) is 13.8 Å². The third-order valence-electron chi connectivity index (χ3n) is 2.57. The first-order valence-electron chi connectivity index (χ1n) is 5.15. The summed E-state index contributed by atoms with van der Waals surface area (Å²) in [4.78, 5) is 10.8. The molecule has 0 aliphatic carbocycles. The van der Waals surface area contributed by atoms with E-state index in [1.54, 1.807) is 16.8 Å². The lowest BCUT2D eigenvalue weighted by Gasteiger charge is -2.08. The van der Waals surface area contributed by atoms with Crippen LogP contribution in [-0.4, -0.2) is 20.9 Å². The molecule has 17 heavy (non-hydrogen) atoms. The molecule has 1 aromatic carbocycles. The number of nitrogens with two attached hydrogens (primary N) is 1. The average molecular weight is 231 g/mol. The van der Waals surface area contributed by atoms with Gasteiger partial charge in [0.2, 0.25) is 0 Å². The van der Waals surface area contributed by atoms with Gasteiger partial charge in [-0.2, -0.15) is 5.10 Å². The second-order valence-electron chi connectivity index (χ2n) is 3.93. The van der Waals surface area contributed by atoms with Crippen molar-refractivity contribution in [3.63, 3.8) is 0 Å². The van der Waals surface area contributed by atoms with Gasteiger partial charge in [-0.15, -0.1) is 0 Å². The Bertz CT molecular complexity index is 587. The number of benzene rings is 1. The molecule has 0 spiro atoms. The maximum atomic E-state index is 10.8. The Balaban J connectivity index is 2.60. The number of nitrogen functional groups attached to an aromatic ring is 1. The topological polar surface area (TPSA) is 81.1 Å². The number of rotatable bonds is 2. The van der Waals surface area contributed by atoms with Crippen molar-refractivity contribution in [3.8, 4) is 5.69 Å². The van der Waals surface area contributed by atoms with Gasteiger partial charge in [-0.3, -0.25) is 0 Å². The smallest absolute Gasteiger partial charge is 0.356 e. The minimum atomic E-state index is -1.03. The number of hydrogen-bond acceptors (Lipinski definition) is 3.